The van der Waals surface area contributed by atoms with Gasteiger partial charge in [-0.15, -0.1) is 0 Å². The first-order valence-corrected chi connectivity index (χ1v) is 12.8. The topological polar surface area (TPSA) is 92.5 Å². The second kappa shape index (κ2) is 9.17. The van der Waals surface area contributed by atoms with Crippen molar-refractivity contribution in [3.63, 3.8) is 0 Å². The van der Waals surface area contributed by atoms with E-state index in [2.05, 4.69) is 16.4 Å². The Balaban J connectivity index is 1.41. The van der Waals surface area contributed by atoms with Crippen LogP contribution in [0.5, 0.6) is 5.75 Å². The number of aromatic hydroxyl groups is 1. The summed E-state index contributed by atoms with van der Waals surface area (Å²) in [5, 5.41) is 19.3. The highest BCUT2D eigenvalue weighted by atomic mass is 35.5. The zero-order chi connectivity index (χ0) is 24.8. The van der Waals surface area contributed by atoms with Crippen molar-refractivity contribution in [3.05, 3.63) is 53.8 Å². The van der Waals surface area contributed by atoms with Gasteiger partial charge in [-0.1, -0.05) is 17.7 Å². The number of nitrogens with zero attached hydrogens (tertiary/aromatic N) is 4. The number of hydrogen-bond acceptors (Lipinski definition) is 6. The summed E-state index contributed by atoms with van der Waals surface area (Å²) < 4.78 is 7.36. The van der Waals surface area contributed by atoms with E-state index in [1.807, 2.05) is 34.7 Å². The molecular formula is C27H28ClN5O3. The number of aromatic nitrogens is 3. The van der Waals surface area contributed by atoms with Crippen LogP contribution in [-0.4, -0.2) is 56.1 Å². The minimum absolute atomic E-state index is 0.0317. The van der Waals surface area contributed by atoms with Crippen LogP contribution in [0.4, 0.5) is 10.6 Å². The molecule has 9 heteroatoms. The average molecular weight is 506 g/mol. The fourth-order valence-corrected chi connectivity index (χ4v) is 6.13. The summed E-state index contributed by atoms with van der Waals surface area (Å²) in [6.45, 7) is 2.92. The van der Waals surface area contributed by atoms with E-state index in [1.54, 1.807) is 24.5 Å². The smallest absolute Gasteiger partial charge is 0.410 e. The largest absolute Gasteiger partial charge is 0.506 e. The summed E-state index contributed by atoms with van der Waals surface area (Å²) in [5.41, 5.74) is 4.64. The second-order valence-electron chi connectivity index (χ2n) is 9.56. The highest BCUT2D eigenvalue weighted by molar-refractivity contribution is 6.32. The molecule has 6 rings (SSSR count). The number of carbonyl (C=O) groups is 1. The third kappa shape index (κ3) is 3.80. The van der Waals surface area contributed by atoms with Gasteiger partial charge in [-0.05, 0) is 68.5 Å². The van der Waals surface area contributed by atoms with Crippen LogP contribution in [0, 0.1) is 5.92 Å². The van der Waals surface area contributed by atoms with Gasteiger partial charge in [-0.25, -0.2) is 9.48 Å². The number of rotatable bonds is 4. The van der Waals surface area contributed by atoms with Crippen molar-refractivity contribution in [2.24, 2.45) is 5.92 Å². The number of anilines is 1. The number of fused-ring (bicyclic) bond motifs is 3. The van der Waals surface area contributed by atoms with Gasteiger partial charge in [-0.3, -0.25) is 4.98 Å². The summed E-state index contributed by atoms with van der Waals surface area (Å²) in [4.78, 5) is 18.7. The molecular weight excluding hydrogens is 478 g/mol. The third-order valence-electron chi connectivity index (χ3n) is 7.53. The molecule has 3 aliphatic rings. The van der Waals surface area contributed by atoms with Gasteiger partial charge in [0.1, 0.15) is 17.3 Å². The second-order valence-corrected chi connectivity index (χ2v) is 9.96. The molecule has 0 radical (unpaired) electrons. The average Bonchev–Trinajstić information content (AvgIpc) is 3.41. The quantitative estimate of drug-likeness (QED) is 0.477. The zero-order valence-electron chi connectivity index (χ0n) is 20.0. The Morgan fingerprint density at radius 3 is 2.61 bits per heavy atom. The van der Waals surface area contributed by atoms with Crippen molar-refractivity contribution in [1.82, 2.24) is 19.7 Å². The van der Waals surface area contributed by atoms with Crippen molar-refractivity contribution in [1.29, 1.82) is 0 Å². The van der Waals surface area contributed by atoms with E-state index in [0.717, 1.165) is 59.6 Å². The molecule has 186 valence electrons. The summed E-state index contributed by atoms with van der Waals surface area (Å²) in [6, 6.07) is 9.55. The summed E-state index contributed by atoms with van der Waals surface area (Å²) >= 11 is 6.11. The Kier molecular flexibility index (Phi) is 5.84. The van der Waals surface area contributed by atoms with E-state index in [1.165, 1.54) is 0 Å². The van der Waals surface area contributed by atoms with Crippen LogP contribution >= 0.6 is 11.6 Å². The van der Waals surface area contributed by atoms with Gasteiger partial charge in [0.15, 0.2) is 0 Å². The lowest BCUT2D eigenvalue weighted by molar-refractivity contribution is 0.0664. The molecule has 2 bridgehead atoms. The maximum atomic E-state index is 12.6. The molecule has 8 nitrogen and oxygen atoms in total. The molecule has 0 spiro atoms. The Bertz CT molecular complexity index is 1320. The van der Waals surface area contributed by atoms with Crippen molar-refractivity contribution in [2.75, 3.05) is 18.5 Å². The number of hydrogen-bond donors (Lipinski definition) is 2. The molecule has 0 aliphatic carbocycles. The summed E-state index contributed by atoms with van der Waals surface area (Å²) in [7, 11) is 0. The van der Waals surface area contributed by atoms with E-state index in [4.69, 9.17) is 21.4 Å². The number of halogens is 1. The number of amides is 1. The number of ether oxygens (including phenoxy) is 1. The van der Waals surface area contributed by atoms with Crippen molar-refractivity contribution < 1.29 is 14.6 Å². The standard InChI is InChI=1S/C27H28ClN5O3/c1-2-36-27(35)32-19-4-5-20(32)14-18(13-19)22-9-12-30-26-24(17-3-6-21(28)23(34)15-17)25(31-33(22)26)16-7-10-29-11-8-16/h3,6-11,15,18-20,30,34H,2,4-5,12-14H2,1H3. The summed E-state index contributed by atoms with van der Waals surface area (Å²) in [5.74, 6) is 1.20. The van der Waals surface area contributed by atoms with Crippen LogP contribution < -0.4 is 5.32 Å². The van der Waals surface area contributed by atoms with Gasteiger partial charge in [0, 0.05) is 48.2 Å². The SMILES string of the molecule is CCOC(=O)N1C2CCC1CC(C1=CCNc3c(-c4ccc(Cl)c(O)c4)c(-c4ccncc4)nn31)C2. The number of phenols is 1. The number of benzene rings is 1. The lowest BCUT2D eigenvalue weighted by Crippen LogP contribution is -2.47. The fourth-order valence-electron chi connectivity index (χ4n) is 6.01. The molecule has 1 aromatic carbocycles. The van der Waals surface area contributed by atoms with Gasteiger partial charge in [0.25, 0.3) is 0 Å². The van der Waals surface area contributed by atoms with Gasteiger partial charge in [-0.2, -0.15) is 5.10 Å². The van der Waals surface area contributed by atoms with Crippen LogP contribution in [0.2, 0.25) is 5.02 Å². The fraction of sp³-hybridized carbons (Fsp3) is 0.370. The molecule has 2 atom stereocenters. The first-order valence-electron chi connectivity index (χ1n) is 12.5. The molecule has 5 heterocycles. The van der Waals surface area contributed by atoms with Crippen molar-refractivity contribution in [3.8, 4) is 28.1 Å². The van der Waals surface area contributed by atoms with Crippen LogP contribution in [0.25, 0.3) is 28.1 Å². The minimum Gasteiger partial charge on any atom is -0.506 e. The molecule has 2 fully saturated rings. The van der Waals surface area contributed by atoms with Crippen molar-refractivity contribution >= 4 is 29.2 Å². The van der Waals surface area contributed by atoms with E-state index >= 15 is 0 Å². The normalized spacial score (nSPS) is 22.6. The molecule has 3 aromatic rings. The molecule has 2 aromatic heterocycles. The first-order chi connectivity index (χ1) is 17.5. The van der Waals surface area contributed by atoms with Gasteiger partial charge >= 0.3 is 6.09 Å². The molecule has 0 saturated carbocycles. The van der Waals surface area contributed by atoms with E-state index in [-0.39, 0.29) is 29.8 Å². The third-order valence-corrected chi connectivity index (χ3v) is 7.85. The Hall–Kier alpha value is -3.52. The number of allylic oxidation sites excluding steroid dienone is 1. The predicted octanol–water partition coefficient (Wildman–Crippen LogP) is 5.64. The number of piperidine rings is 1. The molecule has 1 amide bonds. The highest BCUT2D eigenvalue weighted by Gasteiger charge is 2.45. The van der Waals surface area contributed by atoms with Gasteiger partial charge in [0.2, 0.25) is 0 Å². The lowest BCUT2D eigenvalue weighted by atomic mass is 9.87. The monoisotopic (exact) mass is 505 g/mol. The first kappa shape index (κ1) is 22.9. The number of carbonyl (C=O) groups excluding carboxylic acids is 1. The number of phenolic OH excluding ortho intramolecular Hbond substituents is 1. The molecule has 3 aliphatic heterocycles. The van der Waals surface area contributed by atoms with Crippen LogP contribution in [0.15, 0.2) is 48.8 Å². The maximum Gasteiger partial charge on any atom is 0.410 e. The summed E-state index contributed by atoms with van der Waals surface area (Å²) in [6.07, 6.45) is 9.33. The molecule has 2 unspecified atom stereocenters. The highest BCUT2D eigenvalue weighted by Crippen LogP contribution is 2.47. The number of pyridine rings is 1. The molecule has 2 N–H and O–H groups in total. The molecule has 2 saturated heterocycles. The van der Waals surface area contributed by atoms with E-state index in [0.29, 0.717) is 18.2 Å². The van der Waals surface area contributed by atoms with Gasteiger partial charge in [0.05, 0.1) is 17.2 Å². The Morgan fingerprint density at radius 1 is 1.17 bits per heavy atom. The number of nitrogens with one attached hydrogen (secondary N) is 1. The van der Waals surface area contributed by atoms with Crippen LogP contribution in [0.1, 0.15) is 32.6 Å². The predicted molar refractivity (Wildman–Crippen MR) is 139 cm³/mol. The van der Waals surface area contributed by atoms with Crippen LogP contribution in [-0.2, 0) is 4.74 Å². The Labute approximate surface area is 214 Å². The van der Waals surface area contributed by atoms with Gasteiger partial charge < -0.3 is 20.1 Å². The van der Waals surface area contributed by atoms with Crippen LogP contribution in [0.3, 0.4) is 0 Å². The van der Waals surface area contributed by atoms with E-state index in [9.17, 15) is 9.90 Å². The minimum atomic E-state index is -0.188. The molecule has 36 heavy (non-hydrogen) atoms. The van der Waals surface area contributed by atoms with Crippen molar-refractivity contribution in [2.45, 2.75) is 44.7 Å². The van der Waals surface area contributed by atoms with E-state index < -0.39 is 0 Å². The Morgan fingerprint density at radius 2 is 1.92 bits per heavy atom. The zero-order valence-corrected chi connectivity index (χ0v) is 20.8. The lowest BCUT2D eigenvalue weighted by Gasteiger charge is -2.39. The maximum absolute atomic E-state index is 12.6.